The fourth-order valence-corrected chi connectivity index (χ4v) is 3.75. The molecule has 0 radical (unpaired) electrons. The molecule has 0 fully saturated rings. The third-order valence-electron chi connectivity index (χ3n) is 5.10. The lowest BCUT2D eigenvalue weighted by Gasteiger charge is -2.25. The molecule has 0 saturated carbocycles. The van der Waals surface area contributed by atoms with Crippen LogP contribution in [0.1, 0.15) is 29.7 Å². The predicted octanol–water partition coefficient (Wildman–Crippen LogP) is 4.07. The van der Waals surface area contributed by atoms with E-state index in [0.29, 0.717) is 5.56 Å². The maximum Gasteiger partial charge on any atom is 0.238 e. The van der Waals surface area contributed by atoms with Crippen molar-refractivity contribution in [3.63, 3.8) is 0 Å². The largest absolute Gasteiger partial charge is 0.295 e. The van der Waals surface area contributed by atoms with Gasteiger partial charge in [0.05, 0.1) is 16.5 Å². The van der Waals surface area contributed by atoms with Crippen molar-refractivity contribution in [2.24, 2.45) is 5.14 Å². The number of nitrogens with two attached hydrogens (primary N) is 1. The highest BCUT2D eigenvalue weighted by Crippen LogP contribution is 2.25. The Morgan fingerprint density at radius 3 is 2.21 bits per heavy atom. The molecular formula is C23H23N3O2S. The first-order valence-corrected chi connectivity index (χ1v) is 10.8. The summed E-state index contributed by atoms with van der Waals surface area (Å²) in [6.45, 7) is 2.81. The molecule has 0 bridgehead atoms. The van der Waals surface area contributed by atoms with Gasteiger partial charge in [0.25, 0.3) is 0 Å². The van der Waals surface area contributed by atoms with Crippen LogP contribution in [0.25, 0.3) is 11.1 Å². The smallest absolute Gasteiger partial charge is 0.238 e. The second-order valence-electron chi connectivity index (χ2n) is 7.06. The molecule has 1 unspecified atom stereocenters. The summed E-state index contributed by atoms with van der Waals surface area (Å²) >= 11 is 0. The second-order valence-corrected chi connectivity index (χ2v) is 8.62. The molecule has 0 aromatic heterocycles. The highest BCUT2D eigenvalue weighted by Gasteiger charge is 2.14. The number of nitrogens with zero attached hydrogens (tertiary/aromatic N) is 2. The Hall–Kier alpha value is -2.98. The zero-order chi connectivity index (χ0) is 21.0. The van der Waals surface area contributed by atoms with Crippen LogP contribution in [0.4, 0.5) is 0 Å². The Morgan fingerprint density at radius 2 is 1.62 bits per heavy atom. The fourth-order valence-electron chi connectivity index (χ4n) is 3.24. The van der Waals surface area contributed by atoms with Gasteiger partial charge in [0.2, 0.25) is 10.0 Å². The first-order valence-electron chi connectivity index (χ1n) is 9.21. The van der Waals surface area contributed by atoms with Crippen LogP contribution in [0, 0.1) is 11.3 Å². The molecule has 29 heavy (non-hydrogen) atoms. The average molecular weight is 406 g/mol. The molecule has 0 amide bonds. The lowest BCUT2D eigenvalue weighted by atomic mass is 9.99. The van der Waals surface area contributed by atoms with E-state index >= 15 is 0 Å². The van der Waals surface area contributed by atoms with E-state index in [0.717, 1.165) is 28.8 Å². The Morgan fingerprint density at radius 1 is 1.00 bits per heavy atom. The van der Waals surface area contributed by atoms with Crippen LogP contribution < -0.4 is 5.14 Å². The maximum atomic E-state index is 11.4. The maximum absolute atomic E-state index is 11.4. The van der Waals surface area contributed by atoms with Crippen molar-refractivity contribution in [1.29, 1.82) is 5.26 Å². The number of benzene rings is 3. The van der Waals surface area contributed by atoms with E-state index in [9.17, 15) is 13.7 Å². The summed E-state index contributed by atoms with van der Waals surface area (Å²) in [5.74, 6) is 0. The van der Waals surface area contributed by atoms with Crippen LogP contribution in [-0.4, -0.2) is 20.4 Å². The van der Waals surface area contributed by atoms with Crippen LogP contribution in [0.2, 0.25) is 0 Å². The van der Waals surface area contributed by atoms with Gasteiger partial charge in [-0.15, -0.1) is 0 Å². The van der Waals surface area contributed by atoms with E-state index in [1.807, 2.05) is 43.4 Å². The van der Waals surface area contributed by atoms with Gasteiger partial charge >= 0.3 is 0 Å². The molecule has 0 heterocycles. The first-order chi connectivity index (χ1) is 13.8. The summed E-state index contributed by atoms with van der Waals surface area (Å²) in [5, 5.41) is 14.4. The summed E-state index contributed by atoms with van der Waals surface area (Å²) in [6.07, 6.45) is 0. The molecule has 1 atom stereocenters. The quantitative estimate of drug-likeness (QED) is 0.670. The molecule has 0 aliphatic rings. The van der Waals surface area contributed by atoms with Crippen molar-refractivity contribution >= 4 is 10.0 Å². The SMILES string of the molecule is CC(c1ccc(S(N)(=O)=O)cc1)N(C)Cc1ccc(-c2ccccc2C#N)cc1. The molecule has 148 valence electrons. The van der Waals surface area contributed by atoms with Crippen molar-refractivity contribution in [3.05, 3.63) is 89.5 Å². The number of primary sulfonamides is 1. The van der Waals surface area contributed by atoms with Gasteiger partial charge in [-0.2, -0.15) is 5.26 Å². The lowest BCUT2D eigenvalue weighted by molar-refractivity contribution is 0.253. The molecule has 0 saturated heterocycles. The van der Waals surface area contributed by atoms with E-state index in [1.54, 1.807) is 12.1 Å². The van der Waals surface area contributed by atoms with Gasteiger partial charge in [-0.05, 0) is 54.4 Å². The van der Waals surface area contributed by atoms with Crippen LogP contribution in [0.3, 0.4) is 0 Å². The minimum atomic E-state index is -3.68. The van der Waals surface area contributed by atoms with Crippen molar-refractivity contribution in [2.45, 2.75) is 24.4 Å². The average Bonchev–Trinajstić information content (AvgIpc) is 2.73. The highest BCUT2D eigenvalue weighted by molar-refractivity contribution is 7.89. The monoisotopic (exact) mass is 405 g/mol. The Labute approximate surface area is 172 Å². The number of rotatable bonds is 6. The molecule has 0 aliphatic carbocycles. The zero-order valence-electron chi connectivity index (χ0n) is 16.4. The van der Waals surface area contributed by atoms with Gasteiger partial charge < -0.3 is 0 Å². The highest BCUT2D eigenvalue weighted by atomic mass is 32.2. The molecule has 6 heteroatoms. The summed E-state index contributed by atoms with van der Waals surface area (Å²) in [5.41, 5.74) is 4.77. The van der Waals surface area contributed by atoms with Crippen molar-refractivity contribution in [3.8, 4) is 17.2 Å². The molecule has 5 nitrogen and oxygen atoms in total. The number of nitriles is 1. The van der Waals surface area contributed by atoms with E-state index in [1.165, 1.54) is 12.1 Å². The van der Waals surface area contributed by atoms with Crippen LogP contribution >= 0.6 is 0 Å². The normalized spacial score (nSPS) is 12.5. The molecular weight excluding hydrogens is 382 g/mol. The topological polar surface area (TPSA) is 87.2 Å². The Balaban J connectivity index is 1.72. The molecule has 3 aromatic rings. The van der Waals surface area contributed by atoms with Gasteiger partial charge in [0.1, 0.15) is 0 Å². The molecule has 3 aromatic carbocycles. The molecule has 0 spiro atoms. The van der Waals surface area contributed by atoms with Crippen LogP contribution in [0.5, 0.6) is 0 Å². The van der Waals surface area contributed by atoms with Gasteiger partial charge in [-0.3, -0.25) is 4.90 Å². The third kappa shape index (κ3) is 4.90. The van der Waals surface area contributed by atoms with E-state index in [-0.39, 0.29) is 10.9 Å². The Bertz CT molecular complexity index is 1130. The summed E-state index contributed by atoms with van der Waals surface area (Å²) in [6, 6.07) is 24.8. The van der Waals surface area contributed by atoms with E-state index < -0.39 is 10.0 Å². The number of hydrogen-bond donors (Lipinski definition) is 1. The standard InChI is InChI=1S/C23H23N3O2S/c1-17(19-11-13-22(14-12-19)29(25,27)28)26(2)16-18-7-9-20(10-8-18)23-6-4-3-5-21(23)15-24/h3-14,17H,16H2,1-2H3,(H2,25,27,28). The molecule has 0 aliphatic heterocycles. The van der Waals surface area contributed by atoms with E-state index in [4.69, 9.17) is 5.14 Å². The Kier molecular flexibility index (Phi) is 6.14. The van der Waals surface area contributed by atoms with Crippen LogP contribution in [0.15, 0.2) is 77.7 Å². The van der Waals surface area contributed by atoms with Crippen molar-refractivity contribution in [1.82, 2.24) is 4.90 Å². The predicted molar refractivity (Wildman–Crippen MR) is 114 cm³/mol. The van der Waals surface area contributed by atoms with Gasteiger partial charge in [-0.1, -0.05) is 54.6 Å². The summed E-state index contributed by atoms with van der Waals surface area (Å²) < 4.78 is 22.8. The van der Waals surface area contributed by atoms with Crippen LogP contribution in [-0.2, 0) is 16.6 Å². The van der Waals surface area contributed by atoms with Crippen molar-refractivity contribution in [2.75, 3.05) is 7.05 Å². The van der Waals surface area contributed by atoms with Gasteiger partial charge in [-0.25, -0.2) is 13.6 Å². The second kappa shape index (κ2) is 8.58. The minimum Gasteiger partial charge on any atom is -0.295 e. The third-order valence-corrected chi connectivity index (χ3v) is 6.03. The summed E-state index contributed by atoms with van der Waals surface area (Å²) in [7, 11) is -1.65. The number of hydrogen-bond acceptors (Lipinski definition) is 4. The first kappa shape index (κ1) is 20.7. The van der Waals surface area contributed by atoms with E-state index in [2.05, 4.69) is 30.0 Å². The minimum absolute atomic E-state index is 0.100. The lowest BCUT2D eigenvalue weighted by Crippen LogP contribution is -2.22. The molecule has 2 N–H and O–H groups in total. The van der Waals surface area contributed by atoms with Gasteiger partial charge in [0.15, 0.2) is 0 Å². The van der Waals surface area contributed by atoms with Crippen molar-refractivity contribution < 1.29 is 8.42 Å². The zero-order valence-corrected chi connectivity index (χ0v) is 17.2. The molecule has 3 rings (SSSR count). The fraction of sp³-hybridized carbons (Fsp3) is 0.174. The summed E-state index contributed by atoms with van der Waals surface area (Å²) in [4.78, 5) is 2.30. The number of sulfonamides is 1. The van der Waals surface area contributed by atoms with Gasteiger partial charge in [0, 0.05) is 12.6 Å².